The van der Waals surface area contributed by atoms with Crippen LogP contribution in [0.3, 0.4) is 0 Å². The first kappa shape index (κ1) is 29.9. The van der Waals surface area contributed by atoms with Crippen molar-refractivity contribution >= 4 is 28.8 Å². The molecule has 0 amide bonds. The van der Waals surface area contributed by atoms with Crippen molar-refractivity contribution in [1.82, 2.24) is 0 Å². The first-order valence-electron chi connectivity index (χ1n) is 17.2. The van der Waals surface area contributed by atoms with E-state index in [-0.39, 0.29) is 10.8 Å². The van der Waals surface area contributed by atoms with Crippen LogP contribution in [-0.4, -0.2) is 8.07 Å². The van der Waals surface area contributed by atoms with Crippen molar-refractivity contribution < 1.29 is 0 Å². The lowest BCUT2D eigenvalue weighted by Crippen LogP contribution is -2.76. The van der Waals surface area contributed by atoms with Crippen LogP contribution in [0.25, 0.3) is 22.3 Å². The van der Waals surface area contributed by atoms with Crippen LogP contribution >= 0.6 is 0 Å². The van der Waals surface area contributed by atoms with Crippen molar-refractivity contribution in [2.45, 2.75) is 65.2 Å². The van der Waals surface area contributed by atoms with Gasteiger partial charge in [-0.3, -0.25) is 0 Å². The lowest BCUT2D eigenvalue weighted by atomic mass is 9.87. The van der Waals surface area contributed by atoms with Gasteiger partial charge in [0.25, 0.3) is 0 Å². The van der Waals surface area contributed by atoms with E-state index in [2.05, 4.69) is 175 Å². The Kier molecular flexibility index (Phi) is 6.87. The quantitative estimate of drug-likeness (QED) is 0.136. The smallest absolute Gasteiger partial charge is 0.0619 e. The fourth-order valence-electron chi connectivity index (χ4n) is 8.39. The summed E-state index contributed by atoms with van der Waals surface area (Å²) >= 11 is 0. The normalized spacial score (nSPS) is 13.6. The van der Waals surface area contributed by atoms with Crippen LogP contribution in [0.1, 0.15) is 74.9 Å². The van der Waals surface area contributed by atoms with E-state index in [1.165, 1.54) is 76.4 Å². The number of benzene rings is 6. The Labute approximate surface area is 282 Å². The summed E-state index contributed by atoms with van der Waals surface area (Å²) in [5.41, 5.74) is 14.4. The second-order valence-electron chi connectivity index (χ2n) is 15.7. The van der Waals surface area contributed by atoms with Crippen molar-refractivity contribution in [3.8, 4) is 22.3 Å². The summed E-state index contributed by atoms with van der Waals surface area (Å²) in [5.74, 6) is 0. The van der Waals surface area contributed by atoms with Gasteiger partial charge in [0, 0.05) is 0 Å². The molecule has 2 aliphatic carbocycles. The maximum atomic E-state index is 2.49. The summed E-state index contributed by atoms with van der Waals surface area (Å²) in [6.07, 6.45) is 1.96. The van der Waals surface area contributed by atoms with Gasteiger partial charge in [-0.1, -0.05) is 175 Å². The maximum Gasteiger partial charge on any atom is 0.180 e. The van der Waals surface area contributed by atoms with Crippen molar-refractivity contribution in [3.05, 3.63) is 167 Å². The van der Waals surface area contributed by atoms with Crippen LogP contribution < -0.4 is 20.7 Å². The Balaban J connectivity index is 1.50. The second kappa shape index (κ2) is 10.8. The molecule has 0 radical (unpaired) electrons. The van der Waals surface area contributed by atoms with Gasteiger partial charge in [-0.2, -0.15) is 0 Å². The third-order valence-electron chi connectivity index (χ3n) is 10.9. The molecule has 6 aromatic rings. The minimum absolute atomic E-state index is 0.0857. The van der Waals surface area contributed by atoms with E-state index in [9.17, 15) is 0 Å². The van der Waals surface area contributed by atoms with Crippen molar-refractivity contribution in [3.63, 3.8) is 0 Å². The van der Waals surface area contributed by atoms with Gasteiger partial charge in [0.2, 0.25) is 0 Å². The molecular weight excluding hydrogens is 581 g/mol. The standard InChI is InChI=1S/C46H44Si/c1-45(2,3)33-21-25-35(26-22-33)47(36-27-23-34(24-28-36)46(4,5)6,43-19-11-17-39-37-15-9-7-13-31(37)29-41(39)43)44-20-12-18-40-38-16-10-8-14-32(38)30-42(40)44/h7-28H,29-30H2,1-6H3. The van der Waals surface area contributed by atoms with Crippen LogP contribution in [0.2, 0.25) is 0 Å². The first-order valence-corrected chi connectivity index (χ1v) is 19.2. The zero-order chi connectivity index (χ0) is 32.6. The third kappa shape index (κ3) is 4.70. The summed E-state index contributed by atoms with van der Waals surface area (Å²) in [6, 6.07) is 52.1. The third-order valence-corrected chi connectivity index (χ3v) is 15.8. The Morgan fingerprint density at radius 3 is 1.13 bits per heavy atom. The van der Waals surface area contributed by atoms with E-state index >= 15 is 0 Å². The highest BCUT2D eigenvalue weighted by atomic mass is 28.3. The Morgan fingerprint density at radius 2 is 0.745 bits per heavy atom. The van der Waals surface area contributed by atoms with Crippen LogP contribution in [0, 0.1) is 0 Å². The molecule has 0 aromatic heterocycles. The van der Waals surface area contributed by atoms with Crippen molar-refractivity contribution in [1.29, 1.82) is 0 Å². The molecule has 0 saturated heterocycles. The second-order valence-corrected chi connectivity index (χ2v) is 19.5. The zero-order valence-electron chi connectivity index (χ0n) is 28.6. The van der Waals surface area contributed by atoms with Gasteiger partial charge in [-0.05, 0) is 100 Å². The Bertz CT molecular complexity index is 1980. The molecule has 232 valence electrons. The summed E-state index contributed by atoms with van der Waals surface area (Å²) in [6.45, 7) is 13.9. The maximum absolute atomic E-state index is 2.86. The number of hydrogen-bond donors (Lipinski definition) is 0. The largest absolute Gasteiger partial charge is 0.180 e. The van der Waals surface area contributed by atoms with Crippen molar-refractivity contribution in [2.24, 2.45) is 0 Å². The SMILES string of the molecule is CC(C)(C)c1ccc([Si](c2ccc(C(C)(C)C)cc2)(c2cccc3c2Cc2ccccc2-3)c2cccc3c2Cc2ccccc2-3)cc1. The van der Waals surface area contributed by atoms with Gasteiger partial charge in [-0.25, -0.2) is 0 Å². The zero-order valence-corrected chi connectivity index (χ0v) is 29.6. The molecule has 0 unspecified atom stereocenters. The minimum atomic E-state index is -2.86. The first-order chi connectivity index (χ1) is 22.6. The molecule has 0 atom stereocenters. The Morgan fingerprint density at radius 1 is 0.383 bits per heavy atom. The average molecular weight is 625 g/mol. The van der Waals surface area contributed by atoms with Crippen molar-refractivity contribution in [2.75, 3.05) is 0 Å². The summed E-state index contributed by atoms with van der Waals surface area (Å²) in [5, 5.41) is 5.98. The van der Waals surface area contributed by atoms with Gasteiger partial charge >= 0.3 is 0 Å². The van der Waals surface area contributed by atoms with Gasteiger partial charge in [-0.15, -0.1) is 0 Å². The summed E-state index contributed by atoms with van der Waals surface area (Å²) in [7, 11) is -2.86. The van der Waals surface area contributed by atoms with Gasteiger partial charge in [0.15, 0.2) is 8.07 Å². The fraction of sp³-hybridized carbons (Fsp3) is 0.217. The molecule has 0 nitrogen and oxygen atoms in total. The van der Waals surface area contributed by atoms with E-state index in [1.807, 2.05) is 0 Å². The van der Waals surface area contributed by atoms with Crippen LogP contribution in [-0.2, 0) is 23.7 Å². The highest BCUT2D eigenvalue weighted by Gasteiger charge is 2.46. The highest BCUT2D eigenvalue weighted by Crippen LogP contribution is 2.39. The molecule has 0 saturated carbocycles. The van der Waals surface area contributed by atoms with E-state index in [4.69, 9.17) is 0 Å². The van der Waals surface area contributed by atoms with Crippen LogP contribution in [0.5, 0.6) is 0 Å². The number of hydrogen-bond acceptors (Lipinski definition) is 0. The summed E-state index contributed by atoms with van der Waals surface area (Å²) < 4.78 is 0. The molecule has 1 heteroatoms. The average Bonchev–Trinajstić information content (AvgIpc) is 3.64. The van der Waals surface area contributed by atoms with E-state index in [0.717, 1.165) is 12.8 Å². The highest BCUT2D eigenvalue weighted by molar-refractivity contribution is 7.20. The molecule has 0 spiro atoms. The van der Waals surface area contributed by atoms with Crippen LogP contribution in [0.4, 0.5) is 0 Å². The monoisotopic (exact) mass is 624 g/mol. The van der Waals surface area contributed by atoms with Gasteiger partial charge in [0.05, 0.1) is 0 Å². The molecular formula is C46H44Si. The molecule has 6 aromatic carbocycles. The lowest BCUT2D eigenvalue weighted by Gasteiger charge is -2.38. The molecule has 0 fully saturated rings. The fourth-order valence-corrected chi connectivity index (χ4v) is 13.6. The molecule has 0 N–H and O–H groups in total. The van der Waals surface area contributed by atoms with Gasteiger partial charge in [0.1, 0.15) is 0 Å². The minimum Gasteiger partial charge on any atom is -0.0619 e. The Hall–Kier alpha value is -4.46. The van der Waals surface area contributed by atoms with E-state index in [0.29, 0.717) is 0 Å². The van der Waals surface area contributed by atoms with Crippen LogP contribution in [0.15, 0.2) is 133 Å². The molecule has 0 aliphatic heterocycles. The number of rotatable bonds is 4. The predicted molar refractivity (Wildman–Crippen MR) is 204 cm³/mol. The van der Waals surface area contributed by atoms with E-state index < -0.39 is 8.07 Å². The van der Waals surface area contributed by atoms with E-state index in [1.54, 1.807) is 0 Å². The molecule has 2 aliphatic rings. The summed E-state index contributed by atoms with van der Waals surface area (Å²) in [4.78, 5) is 0. The molecule has 8 rings (SSSR count). The topological polar surface area (TPSA) is 0 Å². The molecule has 47 heavy (non-hydrogen) atoms. The predicted octanol–water partition coefficient (Wildman–Crippen LogP) is 8.80. The molecule has 0 bridgehead atoms. The lowest BCUT2D eigenvalue weighted by molar-refractivity contribution is 0.590. The molecule has 0 heterocycles. The number of fused-ring (bicyclic) bond motifs is 6. The van der Waals surface area contributed by atoms with Gasteiger partial charge < -0.3 is 0 Å².